The molecule has 1 heterocycles. The van der Waals surface area contributed by atoms with E-state index in [2.05, 4.69) is 52.5 Å². The van der Waals surface area contributed by atoms with Crippen molar-refractivity contribution in [3.8, 4) is 18.1 Å². The van der Waals surface area contributed by atoms with Crippen LogP contribution >= 0.6 is 0 Å². The van der Waals surface area contributed by atoms with Crippen LogP contribution in [0.2, 0.25) is 0 Å². The SMILES string of the molecule is C#Cc1cnc(NCCC2=CCc3cccc(OC)c32)nc1N[C@@H]1CC[C@H](O)C(C)(C)C1. The van der Waals surface area contributed by atoms with Crippen molar-refractivity contribution >= 4 is 17.3 Å². The Morgan fingerprint density at radius 3 is 2.91 bits per heavy atom. The van der Waals surface area contributed by atoms with E-state index >= 15 is 0 Å². The molecular formula is C26H32N4O2. The molecule has 2 aliphatic carbocycles. The van der Waals surface area contributed by atoms with Crippen LogP contribution in [0.4, 0.5) is 11.8 Å². The number of terminal acetylenes is 1. The lowest BCUT2D eigenvalue weighted by Gasteiger charge is -2.40. The summed E-state index contributed by atoms with van der Waals surface area (Å²) in [6, 6.07) is 6.42. The summed E-state index contributed by atoms with van der Waals surface area (Å²) < 4.78 is 5.56. The first-order chi connectivity index (χ1) is 15.4. The van der Waals surface area contributed by atoms with Gasteiger partial charge in [0, 0.05) is 18.2 Å². The number of fused-ring (bicyclic) bond motifs is 1. The molecule has 1 fully saturated rings. The summed E-state index contributed by atoms with van der Waals surface area (Å²) in [5, 5.41) is 17.1. The number of anilines is 2. The first-order valence-corrected chi connectivity index (χ1v) is 11.3. The van der Waals surface area contributed by atoms with E-state index in [0.29, 0.717) is 23.9 Å². The van der Waals surface area contributed by atoms with Crippen molar-refractivity contribution in [3.63, 3.8) is 0 Å². The predicted molar refractivity (Wildman–Crippen MR) is 129 cm³/mol. The van der Waals surface area contributed by atoms with Crippen molar-refractivity contribution in [2.45, 2.75) is 58.1 Å². The van der Waals surface area contributed by atoms with Crippen LogP contribution in [0.3, 0.4) is 0 Å². The molecule has 1 aromatic carbocycles. The van der Waals surface area contributed by atoms with E-state index in [4.69, 9.17) is 11.2 Å². The minimum absolute atomic E-state index is 0.132. The summed E-state index contributed by atoms with van der Waals surface area (Å²) in [4.78, 5) is 9.06. The first kappa shape index (κ1) is 22.2. The van der Waals surface area contributed by atoms with Gasteiger partial charge in [-0.05, 0) is 54.7 Å². The zero-order chi connectivity index (χ0) is 22.7. The van der Waals surface area contributed by atoms with Gasteiger partial charge >= 0.3 is 0 Å². The van der Waals surface area contributed by atoms with E-state index in [9.17, 15) is 5.11 Å². The van der Waals surface area contributed by atoms with Gasteiger partial charge in [-0.1, -0.05) is 38.0 Å². The van der Waals surface area contributed by atoms with Gasteiger partial charge in [0.2, 0.25) is 5.95 Å². The van der Waals surface area contributed by atoms with Gasteiger partial charge in [-0.2, -0.15) is 4.98 Å². The number of aliphatic hydroxyl groups excluding tert-OH is 1. The van der Waals surface area contributed by atoms with Crippen LogP contribution in [0.1, 0.15) is 56.2 Å². The molecule has 1 aromatic heterocycles. The Bertz CT molecular complexity index is 1050. The summed E-state index contributed by atoms with van der Waals surface area (Å²) in [5.74, 6) is 4.83. The zero-order valence-electron chi connectivity index (χ0n) is 19.1. The van der Waals surface area contributed by atoms with E-state index in [-0.39, 0.29) is 17.6 Å². The second-order valence-corrected chi connectivity index (χ2v) is 9.33. The number of nitrogens with zero attached hydrogens (tertiary/aromatic N) is 2. The standard InChI is InChI=1S/C26H32N4O2/c1-5-17-16-28-25(30-24(17)29-20-11-12-22(31)26(2,3)15-20)27-14-13-19-10-9-18-7-6-8-21(32-4)23(18)19/h1,6-8,10,16,20,22,31H,9,11-15H2,2-4H3,(H2,27,28,29,30)/t20-,22+/m1/s1. The van der Waals surface area contributed by atoms with Gasteiger partial charge in [0.1, 0.15) is 11.6 Å². The van der Waals surface area contributed by atoms with Gasteiger partial charge < -0.3 is 20.5 Å². The fourth-order valence-electron chi connectivity index (χ4n) is 4.77. The molecule has 168 valence electrons. The quantitative estimate of drug-likeness (QED) is 0.568. The average molecular weight is 433 g/mol. The molecule has 0 amide bonds. The monoisotopic (exact) mass is 432 g/mol. The number of hydrogen-bond donors (Lipinski definition) is 3. The lowest BCUT2D eigenvalue weighted by molar-refractivity contribution is 0.00926. The molecule has 2 aromatic rings. The molecule has 6 nitrogen and oxygen atoms in total. The lowest BCUT2D eigenvalue weighted by Crippen LogP contribution is -2.41. The summed E-state index contributed by atoms with van der Waals surface area (Å²) in [5.41, 5.74) is 4.32. The first-order valence-electron chi connectivity index (χ1n) is 11.3. The van der Waals surface area contributed by atoms with Crippen LogP contribution in [0.25, 0.3) is 5.57 Å². The summed E-state index contributed by atoms with van der Waals surface area (Å²) in [6.45, 7) is 4.91. The van der Waals surface area contributed by atoms with E-state index in [0.717, 1.165) is 37.9 Å². The Kier molecular flexibility index (Phi) is 6.38. The summed E-state index contributed by atoms with van der Waals surface area (Å²) in [6.07, 6.45) is 13.7. The van der Waals surface area contributed by atoms with Crippen LogP contribution in [0.15, 0.2) is 30.5 Å². The van der Waals surface area contributed by atoms with Crippen LogP contribution in [0, 0.1) is 17.8 Å². The van der Waals surface area contributed by atoms with Crippen LogP contribution in [-0.2, 0) is 6.42 Å². The number of rotatable bonds is 7. The van der Waals surface area contributed by atoms with E-state index in [1.807, 2.05) is 12.1 Å². The van der Waals surface area contributed by atoms with Gasteiger partial charge in [0.25, 0.3) is 0 Å². The number of methoxy groups -OCH3 is 1. The van der Waals surface area contributed by atoms with Gasteiger partial charge in [-0.15, -0.1) is 6.42 Å². The number of hydrogen-bond acceptors (Lipinski definition) is 6. The molecule has 1 saturated carbocycles. The molecule has 0 radical (unpaired) electrons. The van der Waals surface area contributed by atoms with Crippen LogP contribution in [0.5, 0.6) is 5.75 Å². The molecule has 3 N–H and O–H groups in total. The highest BCUT2D eigenvalue weighted by Crippen LogP contribution is 2.38. The highest BCUT2D eigenvalue weighted by atomic mass is 16.5. The molecular weight excluding hydrogens is 400 g/mol. The molecule has 0 spiro atoms. The number of nitrogens with one attached hydrogen (secondary N) is 2. The molecule has 0 aliphatic heterocycles. The third-order valence-electron chi connectivity index (χ3n) is 6.65. The minimum atomic E-state index is -0.274. The van der Waals surface area contributed by atoms with Gasteiger partial charge in [0.15, 0.2) is 0 Å². The molecule has 6 heteroatoms. The Labute approximate surface area is 190 Å². The number of allylic oxidation sites excluding steroid dienone is 1. The third kappa shape index (κ3) is 4.58. The molecule has 2 aliphatic rings. The Hall–Kier alpha value is -3.04. The van der Waals surface area contributed by atoms with E-state index < -0.39 is 0 Å². The maximum atomic E-state index is 10.2. The number of benzene rings is 1. The maximum absolute atomic E-state index is 10.2. The molecule has 0 bridgehead atoms. The fourth-order valence-corrected chi connectivity index (χ4v) is 4.77. The molecule has 4 rings (SSSR count). The van der Waals surface area contributed by atoms with Gasteiger partial charge in [-0.25, -0.2) is 4.98 Å². The lowest BCUT2D eigenvalue weighted by atomic mass is 9.73. The predicted octanol–water partition coefficient (Wildman–Crippen LogP) is 4.26. The zero-order valence-corrected chi connectivity index (χ0v) is 19.1. The molecule has 2 atom stereocenters. The van der Waals surface area contributed by atoms with Crippen molar-refractivity contribution in [1.29, 1.82) is 0 Å². The average Bonchev–Trinajstić information content (AvgIpc) is 3.20. The van der Waals surface area contributed by atoms with Gasteiger partial charge in [0.05, 0.1) is 25.0 Å². The Morgan fingerprint density at radius 2 is 2.16 bits per heavy atom. The smallest absolute Gasteiger partial charge is 0.224 e. The Balaban J connectivity index is 1.40. The number of ether oxygens (including phenoxy) is 1. The van der Waals surface area contributed by atoms with Crippen molar-refractivity contribution in [3.05, 3.63) is 47.2 Å². The Morgan fingerprint density at radius 1 is 1.31 bits per heavy atom. The maximum Gasteiger partial charge on any atom is 0.224 e. The highest BCUT2D eigenvalue weighted by Gasteiger charge is 2.35. The van der Waals surface area contributed by atoms with Crippen molar-refractivity contribution in [2.75, 3.05) is 24.3 Å². The van der Waals surface area contributed by atoms with E-state index in [1.54, 1.807) is 13.3 Å². The number of aromatic nitrogens is 2. The fraction of sp³-hybridized carbons (Fsp3) is 0.462. The number of aliphatic hydroxyl groups is 1. The highest BCUT2D eigenvalue weighted by molar-refractivity contribution is 5.77. The van der Waals surface area contributed by atoms with Crippen molar-refractivity contribution in [1.82, 2.24) is 9.97 Å². The van der Waals surface area contributed by atoms with Gasteiger partial charge in [-0.3, -0.25) is 0 Å². The normalized spacial score (nSPS) is 21.3. The summed E-state index contributed by atoms with van der Waals surface area (Å²) in [7, 11) is 1.72. The van der Waals surface area contributed by atoms with Crippen molar-refractivity contribution < 1.29 is 9.84 Å². The third-order valence-corrected chi connectivity index (χ3v) is 6.65. The second-order valence-electron chi connectivity index (χ2n) is 9.33. The second kappa shape index (κ2) is 9.22. The van der Waals surface area contributed by atoms with Crippen LogP contribution < -0.4 is 15.4 Å². The largest absolute Gasteiger partial charge is 0.496 e. The topological polar surface area (TPSA) is 79.3 Å². The van der Waals surface area contributed by atoms with E-state index in [1.165, 1.54) is 16.7 Å². The van der Waals surface area contributed by atoms with Crippen LogP contribution in [-0.4, -0.2) is 40.9 Å². The minimum Gasteiger partial charge on any atom is -0.496 e. The van der Waals surface area contributed by atoms with Crippen molar-refractivity contribution in [2.24, 2.45) is 5.41 Å². The summed E-state index contributed by atoms with van der Waals surface area (Å²) >= 11 is 0. The molecule has 0 unspecified atom stereocenters. The molecule has 0 saturated heterocycles. The molecule has 32 heavy (non-hydrogen) atoms.